The van der Waals surface area contributed by atoms with Gasteiger partial charge in [0, 0.05) is 13.0 Å². The minimum absolute atomic E-state index is 0.0759. The third-order valence-electron chi connectivity index (χ3n) is 2.44. The number of hydrogen-bond donors (Lipinski definition) is 0. The molecule has 1 amide bonds. The lowest BCUT2D eigenvalue weighted by atomic mass is 10.2. The van der Waals surface area contributed by atoms with E-state index in [2.05, 4.69) is 0 Å². The molecule has 0 saturated carbocycles. The number of hydrogen-bond acceptors (Lipinski definition) is 2. The molecule has 1 aliphatic heterocycles. The molecular formula is C11H9ClN2O. The van der Waals surface area contributed by atoms with Gasteiger partial charge in [0.25, 0.3) is 0 Å². The maximum atomic E-state index is 11.5. The molecule has 0 unspecified atom stereocenters. The van der Waals surface area contributed by atoms with Crippen molar-refractivity contribution >= 4 is 23.2 Å². The number of halogens is 1. The Bertz CT molecular complexity index is 450. The summed E-state index contributed by atoms with van der Waals surface area (Å²) in [7, 11) is 0. The fraction of sp³-hybridized carbons (Fsp3) is 0.273. The van der Waals surface area contributed by atoms with Gasteiger partial charge >= 0.3 is 0 Å². The van der Waals surface area contributed by atoms with Crippen LogP contribution in [0.3, 0.4) is 0 Å². The molecule has 4 heteroatoms. The van der Waals surface area contributed by atoms with Crippen LogP contribution in [0.4, 0.5) is 5.69 Å². The number of nitrogens with zero attached hydrogens (tertiary/aromatic N) is 2. The first kappa shape index (κ1) is 10.0. The van der Waals surface area contributed by atoms with E-state index in [0.29, 0.717) is 29.2 Å². The highest BCUT2D eigenvalue weighted by atomic mass is 35.5. The Morgan fingerprint density at radius 2 is 2.27 bits per heavy atom. The maximum absolute atomic E-state index is 11.5. The molecule has 0 aromatic heterocycles. The number of carbonyl (C=O) groups excluding carboxylic acids is 1. The van der Waals surface area contributed by atoms with E-state index < -0.39 is 0 Å². The van der Waals surface area contributed by atoms with Crippen LogP contribution in [0, 0.1) is 11.3 Å². The van der Waals surface area contributed by atoms with Gasteiger partial charge in [-0.3, -0.25) is 4.79 Å². The molecule has 1 aromatic carbocycles. The van der Waals surface area contributed by atoms with Gasteiger partial charge in [0.2, 0.25) is 5.91 Å². The third-order valence-corrected chi connectivity index (χ3v) is 2.76. The van der Waals surface area contributed by atoms with Gasteiger partial charge in [0.15, 0.2) is 0 Å². The van der Waals surface area contributed by atoms with E-state index >= 15 is 0 Å². The van der Waals surface area contributed by atoms with Gasteiger partial charge in [-0.2, -0.15) is 5.26 Å². The summed E-state index contributed by atoms with van der Waals surface area (Å²) in [6, 6.07) is 6.99. The number of amides is 1. The lowest BCUT2D eigenvalue weighted by Crippen LogP contribution is -2.24. The fourth-order valence-electron chi connectivity index (χ4n) is 1.69. The standard InChI is InChI=1S/C11H9ClN2O/c12-9-4-3-8(7-13)6-10(9)14-5-1-2-11(14)15/h3-4,6H,1-2,5H2. The Labute approximate surface area is 92.9 Å². The summed E-state index contributed by atoms with van der Waals surface area (Å²) >= 11 is 6.00. The van der Waals surface area contributed by atoms with E-state index in [4.69, 9.17) is 16.9 Å². The van der Waals surface area contributed by atoms with E-state index in [9.17, 15) is 4.79 Å². The zero-order valence-electron chi connectivity index (χ0n) is 8.03. The molecule has 0 spiro atoms. The first-order valence-electron chi connectivity index (χ1n) is 4.72. The zero-order valence-corrected chi connectivity index (χ0v) is 8.79. The first-order chi connectivity index (χ1) is 7.22. The molecule has 0 N–H and O–H groups in total. The van der Waals surface area contributed by atoms with Crippen molar-refractivity contribution < 1.29 is 4.79 Å². The van der Waals surface area contributed by atoms with E-state index in [1.165, 1.54) is 0 Å². The summed E-state index contributed by atoms with van der Waals surface area (Å²) in [6.07, 6.45) is 1.42. The van der Waals surface area contributed by atoms with Crippen LogP contribution in [0.2, 0.25) is 5.02 Å². The highest BCUT2D eigenvalue weighted by Gasteiger charge is 2.23. The molecule has 0 aliphatic carbocycles. The summed E-state index contributed by atoms with van der Waals surface area (Å²) in [5.41, 5.74) is 1.17. The lowest BCUT2D eigenvalue weighted by molar-refractivity contribution is -0.117. The van der Waals surface area contributed by atoms with Crippen molar-refractivity contribution in [3.8, 4) is 6.07 Å². The van der Waals surface area contributed by atoms with Crippen LogP contribution < -0.4 is 4.90 Å². The van der Waals surface area contributed by atoms with Gasteiger partial charge in [-0.15, -0.1) is 0 Å². The molecule has 0 atom stereocenters. The fourth-order valence-corrected chi connectivity index (χ4v) is 1.91. The van der Waals surface area contributed by atoms with Gasteiger partial charge in [0.05, 0.1) is 22.3 Å². The van der Waals surface area contributed by atoms with Gasteiger partial charge in [0.1, 0.15) is 0 Å². The summed E-state index contributed by atoms with van der Waals surface area (Å²) in [4.78, 5) is 13.2. The van der Waals surface area contributed by atoms with Crippen LogP contribution in [0.1, 0.15) is 18.4 Å². The molecule has 1 aromatic rings. The molecule has 1 heterocycles. The van der Waals surface area contributed by atoms with Crippen molar-refractivity contribution in [2.45, 2.75) is 12.8 Å². The van der Waals surface area contributed by atoms with Gasteiger partial charge in [-0.05, 0) is 24.6 Å². The first-order valence-corrected chi connectivity index (χ1v) is 5.10. The van der Waals surface area contributed by atoms with Crippen molar-refractivity contribution in [1.82, 2.24) is 0 Å². The molecule has 1 saturated heterocycles. The summed E-state index contributed by atoms with van der Waals surface area (Å²) < 4.78 is 0. The molecule has 0 radical (unpaired) electrons. The Balaban J connectivity index is 2.43. The van der Waals surface area contributed by atoms with Crippen LogP contribution in [0.5, 0.6) is 0 Å². The molecule has 3 nitrogen and oxygen atoms in total. The van der Waals surface area contributed by atoms with E-state index in [0.717, 1.165) is 6.42 Å². The highest BCUT2D eigenvalue weighted by Crippen LogP contribution is 2.30. The zero-order chi connectivity index (χ0) is 10.8. The second-order valence-corrected chi connectivity index (χ2v) is 3.83. The average molecular weight is 221 g/mol. The molecule has 15 heavy (non-hydrogen) atoms. The van der Waals surface area contributed by atoms with Crippen molar-refractivity contribution in [2.75, 3.05) is 11.4 Å². The SMILES string of the molecule is N#Cc1ccc(Cl)c(N2CCCC2=O)c1. The Hall–Kier alpha value is -1.53. The number of benzene rings is 1. The van der Waals surface area contributed by atoms with Crippen LogP contribution >= 0.6 is 11.6 Å². The van der Waals surface area contributed by atoms with Gasteiger partial charge in [-0.25, -0.2) is 0 Å². The predicted octanol–water partition coefficient (Wildman–Crippen LogP) is 2.34. The third kappa shape index (κ3) is 1.81. The molecular weight excluding hydrogens is 212 g/mol. The van der Waals surface area contributed by atoms with Crippen molar-refractivity contribution in [2.24, 2.45) is 0 Å². The summed E-state index contributed by atoms with van der Waals surface area (Å²) in [5, 5.41) is 9.28. The Morgan fingerprint density at radius 3 is 2.87 bits per heavy atom. The van der Waals surface area contributed by atoms with Crippen molar-refractivity contribution in [1.29, 1.82) is 5.26 Å². The average Bonchev–Trinajstić information content (AvgIpc) is 2.65. The van der Waals surface area contributed by atoms with E-state index in [1.54, 1.807) is 23.1 Å². The number of carbonyl (C=O) groups is 1. The monoisotopic (exact) mass is 220 g/mol. The molecule has 2 rings (SSSR count). The summed E-state index contributed by atoms with van der Waals surface area (Å²) in [6.45, 7) is 0.688. The van der Waals surface area contributed by atoms with Crippen molar-refractivity contribution in [3.05, 3.63) is 28.8 Å². The molecule has 76 valence electrons. The van der Waals surface area contributed by atoms with E-state index in [-0.39, 0.29) is 5.91 Å². The van der Waals surface area contributed by atoms with Crippen LogP contribution in [0.25, 0.3) is 0 Å². The lowest BCUT2D eigenvalue weighted by Gasteiger charge is -2.17. The van der Waals surface area contributed by atoms with Crippen LogP contribution in [0.15, 0.2) is 18.2 Å². The van der Waals surface area contributed by atoms with Gasteiger partial charge < -0.3 is 4.90 Å². The minimum atomic E-state index is 0.0759. The quantitative estimate of drug-likeness (QED) is 0.729. The van der Waals surface area contributed by atoms with Crippen LogP contribution in [-0.2, 0) is 4.79 Å². The van der Waals surface area contributed by atoms with E-state index in [1.807, 2.05) is 6.07 Å². The number of rotatable bonds is 1. The normalized spacial score (nSPS) is 15.5. The Morgan fingerprint density at radius 1 is 1.47 bits per heavy atom. The summed E-state index contributed by atoms with van der Waals surface area (Å²) in [5.74, 6) is 0.0759. The second-order valence-electron chi connectivity index (χ2n) is 3.43. The molecule has 1 fully saturated rings. The molecule has 1 aliphatic rings. The largest absolute Gasteiger partial charge is 0.311 e. The van der Waals surface area contributed by atoms with Crippen LogP contribution in [-0.4, -0.2) is 12.5 Å². The number of nitriles is 1. The second kappa shape index (κ2) is 3.92. The topological polar surface area (TPSA) is 44.1 Å². The Kier molecular flexibility index (Phi) is 2.61. The predicted molar refractivity (Wildman–Crippen MR) is 57.8 cm³/mol. The molecule has 0 bridgehead atoms. The number of anilines is 1. The minimum Gasteiger partial charge on any atom is -0.311 e. The highest BCUT2D eigenvalue weighted by molar-refractivity contribution is 6.33. The van der Waals surface area contributed by atoms with Crippen molar-refractivity contribution in [3.63, 3.8) is 0 Å². The maximum Gasteiger partial charge on any atom is 0.227 e. The smallest absolute Gasteiger partial charge is 0.227 e. The van der Waals surface area contributed by atoms with Gasteiger partial charge in [-0.1, -0.05) is 11.6 Å².